The van der Waals surface area contributed by atoms with E-state index < -0.39 is 6.10 Å². The van der Waals surface area contributed by atoms with E-state index >= 15 is 0 Å². The third-order valence-corrected chi connectivity index (χ3v) is 4.24. The second-order valence-electron chi connectivity index (χ2n) is 5.95. The molecule has 1 atom stereocenters. The number of rotatable bonds is 4. The molecule has 0 aliphatic heterocycles. The standard InChI is InChI=1S/C21H18N2O/c24-20(12-15-6-2-1-3-7-15)21-22-14-19(23-21)18-11-10-16-8-4-5-9-17(16)13-18/h1-11,13-14,20,24H,12H2,(H,22,23). The van der Waals surface area contributed by atoms with Gasteiger partial charge in [0.1, 0.15) is 11.9 Å². The zero-order valence-corrected chi connectivity index (χ0v) is 13.2. The number of aromatic nitrogens is 2. The van der Waals surface area contributed by atoms with Gasteiger partial charge in [-0.05, 0) is 22.4 Å². The summed E-state index contributed by atoms with van der Waals surface area (Å²) in [6.07, 6.45) is 1.70. The first-order valence-corrected chi connectivity index (χ1v) is 8.06. The summed E-state index contributed by atoms with van der Waals surface area (Å²) in [4.78, 5) is 7.62. The number of hydrogen-bond acceptors (Lipinski definition) is 2. The van der Waals surface area contributed by atoms with Crippen molar-refractivity contribution in [2.75, 3.05) is 0 Å². The van der Waals surface area contributed by atoms with Crippen LogP contribution in [-0.2, 0) is 6.42 Å². The molecule has 4 aromatic rings. The molecule has 4 rings (SSSR count). The predicted octanol–water partition coefficient (Wildman–Crippen LogP) is 4.51. The summed E-state index contributed by atoms with van der Waals surface area (Å²) in [7, 11) is 0. The maximum Gasteiger partial charge on any atom is 0.135 e. The Balaban J connectivity index is 1.59. The average Bonchev–Trinajstić information content (AvgIpc) is 3.12. The van der Waals surface area contributed by atoms with Gasteiger partial charge in [-0.25, -0.2) is 4.98 Å². The van der Waals surface area contributed by atoms with Gasteiger partial charge in [0.2, 0.25) is 0 Å². The number of benzene rings is 3. The number of nitrogens with zero attached hydrogens (tertiary/aromatic N) is 1. The van der Waals surface area contributed by atoms with Gasteiger partial charge in [-0.15, -0.1) is 0 Å². The minimum atomic E-state index is -0.637. The first-order chi connectivity index (χ1) is 11.8. The Hall–Kier alpha value is -2.91. The molecule has 118 valence electrons. The second-order valence-corrected chi connectivity index (χ2v) is 5.95. The molecule has 0 spiro atoms. The molecule has 0 radical (unpaired) electrons. The Labute approximate surface area is 140 Å². The van der Waals surface area contributed by atoms with Crippen LogP contribution in [0.4, 0.5) is 0 Å². The van der Waals surface area contributed by atoms with Crippen LogP contribution in [0.15, 0.2) is 79.0 Å². The van der Waals surface area contributed by atoms with Crippen molar-refractivity contribution in [1.29, 1.82) is 0 Å². The lowest BCUT2D eigenvalue weighted by molar-refractivity contribution is 0.169. The fourth-order valence-electron chi connectivity index (χ4n) is 2.94. The topological polar surface area (TPSA) is 48.9 Å². The molecule has 0 aliphatic carbocycles. The Kier molecular flexibility index (Phi) is 3.85. The normalized spacial score (nSPS) is 12.4. The number of nitrogens with one attached hydrogen (secondary N) is 1. The second kappa shape index (κ2) is 6.30. The Morgan fingerprint density at radius 3 is 2.46 bits per heavy atom. The maximum atomic E-state index is 10.4. The van der Waals surface area contributed by atoms with E-state index in [9.17, 15) is 5.11 Å². The highest BCUT2D eigenvalue weighted by molar-refractivity contribution is 5.86. The van der Waals surface area contributed by atoms with Crippen molar-refractivity contribution < 1.29 is 5.11 Å². The molecule has 0 aliphatic rings. The van der Waals surface area contributed by atoms with Gasteiger partial charge >= 0.3 is 0 Å². The number of H-pyrrole nitrogens is 1. The molecule has 2 N–H and O–H groups in total. The van der Waals surface area contributed by atoms with E-state index in [2.05, 4.69) is 40.3 Å². The Morgan fingerprint density at radius 1 is 0.875 bits per heavy atom. The Morgan fingerprint density at radius 2 is 1.62 bits per heavy atom. The lowest BCUT2D eigenvalue weighted by Gasteiger charge is -2.07. The van der Waals surface area contributed by atoms with Crippen LogP contribution in [0.25, 0.3) is 22.0 Å². The molecule has 0 fully saturated rings. The fraction of sp³-hybridized carbons (Fsp3) is 0.0952. The molecule has 3 aromatic carbocycles. The summed E-state index contributed by atoms with van der Waals surface area (Å²) in [6, 6.07) is 24.5. The van der Waals surface area contributed by atoms with Crippen LogP contribution in [0.3, 0.4) is 0 Å². The summed E-state index contributed by atoms with van der Waals surface area (Å²) in [5.74, 6) is 0.599. The van der Waals surface area contributed by atoms with Gasteiger partial charge in [0.05, 0.1) is 11.9 Å². The lowest BCUT2D eigenvalue weighted by atomic mass is 10.1. The molecule has 1 heterocycles. The summed E-state index contributed by atoms with van der Waals surface area (Å²) in [6.45, 7) is 0. The highest BCUT2D eigenvalue weighted by atomic mass is 16.3. The van der Waals surface area contributed by atoms with Crippen LogP contribution >= 0.6 is 0 Å². The van der Waals surface area contributed by atoms with Gasteiger partial charge in [0.25, 0.3) is 0 Å². The third kappa shape index (κ3) is 2.94. The number of aliphatic hydroxyl groups excluding tert-OH is 1. The highest BCUT2D eigenvalue weighted by Gasteiger charge is 2.13. The van der Waals surface area contributed by atoms with Gasteiger partial charge < -0.3 is 10.1 Å². The summed E-state index contributed by atoms with van der Waals surface area (Å²) < 4.78 is 0. The monoisotopic (exact) mass is 314 g/mol. The van der Waals surface area contributed by atoms with Crippen LogP contribution in [0, 0.1) is 0 Å². The molecule has 0 bridgehead atoms. The van der Waals surface area contributed by atoms with Crippen LogP contribution in [0.5, 0.6) is 0 Å². The van der Waals surface area contributed by atoms with Gasteiger partial charge in [0, 0.05) is 12.0 Å². The van der Waals surface area contributed by atoms with Crippen molar-refractivity contribution in [2.24, 2.45) is 0 Å². The fourth-order valence-corrected chi connectivity index (χ4v) is 2.94. The number of imidazole rings is 1. The van der Waals surface area contributed by atoms with Gasteiger partial charge in [-0.3, -0.25) is 0 Å². The van der Waals surface area contributed by atoms with Crippen molar-refractivity contribution in [2.45, 2.75) is 12.5 Å². The van der Waals surface area contributed by atoms with Crippen molar-refractivity contribution in [3.05, 3.63) is 90.4 Å². The number of aromatic amines is 1. The molecular formula is C21H18N2O. The molecule has 3 heteroatoms. The minimum Gasteiger partial charge on any atom is -0.385 e. The van der Waals surface area contributed by atoms with Gasteiger partial charge in [-0.2, -0.15) is 0 Å². The number of fused-ring (bicyclic) bond motifs is 1. The zero-order chi connectivity index (χ0) is 16.4. The van der Waals surface area contributed by atoms with Crippen molar-refractivity contribution in [3.8, 4) is 11.3 Å². The quantitative estimate of drug-likeness (QED) is 0.582. The van der Waals surface area contributed by atoms with E-state index in [1.54, 1.807) is 6.20 Å². The molecule has 1 aromatic heterocycles. The molecule has 1 unspecified atom stereocenters. The smallest absolute Gasteiger partial charge is 0.135 e. The van der Waals surface area contributed by atoms with Gasteiger partial charge in [-0.1, -0.05) is 66.7 Å². The molecule has 0 saturated heterocycles. The van der Waals surface area contributed by atoms with Crippen LogP contribution in [0.1, 0.15) is 17.5 Å². The molecular weight excluding hydrogens is 296 g/mol. The predicted molar refractivity (Wildman–Crippen MR) is 96.6 cm³/mol. The highest BCUT2D eigenvalue weighted by Crippen LogP contribution is 2.25. The van der Waals surface area contributed by atoms with E-state index in [0.717, 1.165) is 16.8 Å². The lowest BCUT2D eigenvalue weighted by Crippen LogP contribution is -2.03. The molecule has 0 saturated carbocycles. The van der Waals surface area contributed by atoms with Gasteiger partial charge in [0.15, 0.2) is 0 Å². The summed E-state index contributed by atoms with van der Waals surface area (Å²) >= 11 is 0. The SMILES string of the molecule is OC(Cc1ccccc1)c1ncc(-c2ccc3ccccc3c2)[nH]1. The minimum absolute atomic E-state index is 0.547. The number of aliphatic hydroxyl groups is 1. The molecule has 0 amide bonds. The first-order valence-electron chi connectivity index (χ1n) is 8.06. The van der Waals surface area contributed by atoms with Crippen molar-refractivity contribution in [1.82, 2.24) is 9.97 Å². The number of hydrogen-bond donors (Lipinski definition) is 2. The zero-order valence-electron chi connectivity index (χ0n) is 13.2. The maximum absolute atomic E-state index is 10.4. The van der Waals surface area contributed by atoms with Crippen LogP contribution in [-0.4, -0.2) is 15.1 Å². The van der Waals surface area contributed by atoms with E-state index in [1.165, 1.54) is 10.8 Å². The Bertz CT molecular complexity index is 960. The van der Waals surface area contributed by atoms with Crippen LogP contribution in [0.2, 0.25) is 0 Å². The largest absolute Gasteiger partial charge is 0.385 e. The molecule has 24 heavy (non-hydrogen) atoms. The first kappa shape index (κ1) is 14.7. The molecule has 3 nitrogen and oxygen atoms in total. The van der Waals surface area contributed by atoms with E-state index in [1.807, 2.05) is 42.5 Å². The van der Waals surface area contributed by atoms with Crippen molar-refractivity contribution >= 4 is 10.8 Å². The van der Waals surface area contributed by atoms with E-state index in [-0.39, 0.29) is 0 Å². The third-order valence-electron chi connectivity index (χ3n) is 4.24. The van der Waals surface area contributed by atoms with E-state index in [4.69, 9.17) is 0 Å². The van der Waals surface area contributed by atoms with Crippen molar-refractivity contribution in [3.63, 3.8) is 0 Å². The average molecular weight is 314 g/mol. The van der Waals surface area contributed by atoms with E-state index in [0.29, 0.717) is 12.2 Å². The van der Waals surface area contributed by atoms with Crippen LogP contribution < -0.4 is 0 Å². The summed E-state index contributed by atoms with van der Waals surface area (Å²) in [5, 5.41) is 12.8. The summed E-state index contributed by atoms with van der Waals surface area (Å²) in [5.41, 5.74) is 3.08.